The number of ketones is 1. The molecular formula is C24H19ClN2O3S. The molecule has 0 fully saturated rings. The molecule has 0 N–H and O–H groups in total. The molecule has 2 aromatic heterocycles. The van der Waals surface area contributed by atoms with Crippen LogP contribution in [0, 0.1) is 0 Å². The number of hydrogen-bond acceptors (Lipinski definition) is 4. The van der Waals surface area contributed by atoms with Crippen LogP contribution in [0.1, 0.15) is 33.6 Å². The van der Waals surface area contributed by atoms with Gasteiger partial charge in [-0.25, -0.2) is 9.36 Å². The molecule has 0 amide bonds. The summed E-state index contributed by atoms with van der Waals surface area (Å²) in [6, 6.07) is 15.6. The molecule has 0 aliphatic heterocycles. The maximum atomic E-state index is 13.5. The van der Waals surface area contributed by atoms with E-state index in [-0.39, 0.29) is 17.9 Å². The van der Waals surface area contributed by atoms with Crippen molar-refractivity contribution in [2.24, 2.45) is 0 Å². The molecule has 2 aromatic carbocycles. The van der Waals surface area contributed by atoms with Crippen molar-refractivity contribution in [3.63, 3.8) is 0 Å². The molecule has 1 aliphatic carbocycles. The van der Waals surface area contributed by atoms with E-state index < -0.39 is 5.69 Å². The Balaban J connectivity index is 1.79. The fourth-order valence-electron chi connectivity index (χ4n) is 4.21. The normalized spacial score (nSPS) is 13.3. The minimum Gasteiger partial charge on any atom is -0.292 e. The molecule has 0 radical (unpaired) electrons. The van der Waals surface area contributed by atoms with E-state index in [4.69, 9.17) is 11.6 Å². The highest BCUT2D eigenvalue weighted by Crippen LogP contribution is 2.34. The molecule has 0 unspecified atom stereocenters. The summed E-state index contributed by atoms with van der Waals surface area (Å²) in [6.45, 7) is -0.125. The number of thiophene rings is 1. The quantitative estimate of drug-likeness (QED) is 0.426. The van der Waals surface area contributed by atoms with Crippen molar-refractivity contribution >= 4 is 38.9 Å². The Morgan fingerprint density at radius 2 is 1.77 bits per heavy atom. The van der Waals surface area contributed by atoms with Crippen LogP contribution in [-0.2, 0) is 19.4 Å². The number of nitrogens with zero attached hydrogens (tertiary/aromatic N) is 2. The minimum atomic E-state index is -0.525. The maximum Gasteiger partial charge on any atom is 0.337 e. The second-order valence-electron chi connectivity index (χ2n) is 7.67. The Bertz CT molecular complexity index is 1430. The van der Waals surface area contributed by atoms with Crippen molar-refractivity contribution in [2.45, 2.75) is 32.2 Å². The Labute approximate surface area is 187 Å². The third-order valence-corrected chi connectivity index (χ3v) is 7.25. The van der Waals surface area contributed by atoms with Crippen LogP contribution in [0.5, 0.6) is 0 Å². The molecule has 31 heavy (non-hydrogen) atoms. The molecule has 0 saturated carbocycles. The van der Waals surface area contributed by atoms with E-state index in [2.05, 4.69) is 0 Å². The first-order valence-corrected chi connectivity index (χ1v) is 11.4. The molecule has 4 aromatic rings. The van der Waals surface area contributed by atoms with Gasteiger partial charge in [-0.1, -0.05) is 48.0 Å². The van der Waals surface area contributed by atoms with Gasteiger partial charge in [0.2, 0.25) is 0 Å². The number of benzene rings is 2. The second kappa shape index (κ2) is 7.94. The van der Waals surface area contributed by atoms with Crippen molar-refractivity contribution in [3.8, 4) is 5.69 Å². The van der Waals surface area contributed by atoms with Crippen molar-refractivity contribution in [1.82, 2.24) is 9.13 Å². The zero-order valence-electron chi connectivity index (χ0n) is 16.6. The number of aromatic nitrogens is 2. The summed E-state index contributed by atoms with van der Waals surface area (Å²) in [4.78, 5) is 41.8. The third-order valence-electron chi connectivity index (χ3n) is 5.70. The lowest BCUT2D eigenvalue weighted by Crippen LogP contribution is -2.40. The predicted molar refractivity (Wildman–Crippen MR) is 124 cm³/mol. The molecule has 0 atom stereocenters. The van der Waals surface area contributed by atoms with Gasteiger partial charge in [0.05, 0.1) is 17.6 Å². The zero-order chi connectivity index (χ0) is 21.5. The first kappa shape index (κ1) is 20.0. The molecule has 0 spiro atoms. The smallest absolute Gasteiger partial charge is 0.292 e. The van der Waals surface area contributed by atoms with Crippen LogP contribution in [0.2, 0.25) is 5.02 Å². The summed E-state index contributed by atoms with van der Waals surface area (Å²) < 4.78 is 2.60. The van der Waals surface area contributed by atoms with Gasteiger partial charge in [0.25, 0.3) is 5.56 Å². The number of carbonyl (C=O) groups excluding carboxylic acids is 1. The van der Waals surface area contributed by atoms with Crippen LogP contribution in [0.3, 0.4) is 0 Å². The number of halogens is 1. The summed E-state index contributed by atoms with van der Waals surface area (Å²) in [7, 11) is 0. The number of aryl methyl sites for hydroxylation is 2. The van der Waals surface area contributed by atoms with Gasteiger partial charge >= 0.3 is 5.69 Å². The zero-order valence-corrected chi connectivity index (χ0v) is 18.2. The molecular weight excluding hydrogens is 432 g/mol. The van der Waals surface area contributed by atoms with E-state index in [9.17, 15) is 14.4 Å². The Hall–Kier alpha value is -2.96. The first-order chi connectivity index (χ1) is 15.0. The number of carbonyl (C=O) groups is 1. The molecule has 5 nitrogen and oxygen atoms in total. The standard InChI is InChI=1S/C24H19ClN2O3S/c25-16-9-6-10-17(13-16)27-22(29)21-18-11-4-5-12-20(18)31-23(21)26(24(27)30)14-19(28)15-7-2-1-3-8-15/h1-3,6-10,13H,4-5,11-12,14H2. The van der Waals surface area contributed by atoms with Gasteiger partial charge in [0, 0.05) is 15.5 Å². The number of hydrogen-bond donors (Lipinski definition) is 0. The van der Waals surface area contributed by atoms with Crippen LogP contribution >= 0.6 is 22.9 Å². The van der Waals surface area contributed by atoms with Gasteiger partial charge in [0.1, 0.15) is 4.83 Å². The Kier molecular flexibility index (Phi) is 5.12. The average molecular weight is 451 g/mol. The molecule has 5 rings (SSSR count). The molecule has 1 aliphatic rings. The Morgan fingerprint density at radius 1 is 1.00 bits per heavy atom. The van der Waals surface area contributed by atoms with E-state index >= 15 is 0 Å². The van der Waals surface area contributed by atoms with Crippen LogP contribution in [0.4, 0.5) is 0 Å². The van der Waals surface area contributed by atoms with Crippen molar-refractivity contribution in [3.05, 3.63) is 96.5 Å². The van der Waals surface area contributed by atoms with E-state index in [1.165, 1.54) is 15.9 Å². The highest BCUT2D eigenvalue weighted by atomic mass is 35.5. The summed E-state index contributed by atoms with van der Waals surface area (Å²) in [5, 5.41) is 0.989. The fraction of sp³-hybridized carbons (Fsp3) is 0.208. The largest absolute Gasteiger partial charge is 0.337 e. The number of rotatable bonds is 4. The summed E-state index contributed by atoms with van der Waals surface area (Å²) in [6.07, 6.45) is 3.78. The molecule has 0 saturated heterocycles. The SMILES string of the molecule is O=C(Cn1c(=O)n(-c2cccc(Cl)c2)c(=O)c2c3c(sc21)CCCC3)c1ccccc1. The lowest BCUT2D eigenvalue weighted by atomic mass is 9.97. The van der Waals surface area contributed by atoms with E-state index in [0.717, 1.165) is 40.7 Å². The number of fused-ring (bicyclic) bond motifs is 3. The third kappa shape index (κ3) is 3.46. The van der Waals surface area contributed by atoms with Crippen LogP contribution in [0.15, 0.2) is 64.2 Å². The average Bonchev–Trinajstić information content (AvgIpc) is 3.17. The van der Waals surface area contributed by atoms with Crippen LogP contribution < -0.4 is 11.2 Å². The summed E-state index contributed by atoms with van der Waals surface area (Å²) in [5.41, 5.74) is 1.09. The minimum absolute atomic E-state index is 0.125. The van der Waals surface area contributed by atoms with Crippen molar-refractivity contribution in [1.29, 1.82) is 0 Å². The fourth-order valence-corrected chi connectivity index (χ4v) is 5.77. The van der Waals surface area contributed by atoms with Crippen molar-refractivity contribution in [2.75, 3.05) is 0 Å². The predicted octanol–water partition coefficient (Wildman–Crippen LogP) is 4.63. The van der Waals surface area contributed by atoms with E-state index in [1.54, 1.807) is 48.5 Å². The van der Waals surface area contributed by atoms with Gasteiger partial charge in [-0.05, 0) is 49.4 Å². The maximum absolute atomic E-state index is 13.5. The van der Waals surface area contributed by atoms with Gasteiger partial charge in [0.15, 0.2) is 5.78 Å². The lowest BCUT2D eigenvalue weighted by molar-refractivity contribution is 0.0972. The summed E-state index contributed by atoms with van der Waals surface area (Å²) in [5.74, 6) is -0.174. The molecule has 7 heteroatoms. The van der Waals surface area contributed by atoms with Gasteiger partial charge in [-0.3, -0.25) is 14.2 Å². The van der Waals surface area contributed by atoms with E-state index in [0.29, 0.717) is 26.5 Å². The second-order valence-corrected chi connectivity index (χ2v) is 9.19. The highest BCUT2D eigenvalue weighted by Gasteiger charge is 2.25. The highest BCUT2D eigenvalue weighted by molar-refractivity contribution is 7.18. The van der Waals surface area contributed by atoms with Gasteiger partial charge < -0.3 is 0 Å². The van der Waals surface area contributed by atoms with Gasteiger partial charge in [-0.15, -0.1) is 11.3 Å². The summed E-state index contributed by atoms with van der Waals surface area (Å²) >= 11 is 7.61. The van der Waals surface area contributed by atoms with Crippen LogP contribution in [0.25, 0.3) is 15.9 Å². The topological polar surface area (TPSA) is 61.1 Å². The van der Waals surface area contributed by atoms with Crippen LogP contribution in [-0.4, -0.2) is 14.9 Å². The lowest BCUT2D eigenvalue weighted by Gasteiger charge is -2.13. The molecule has 0 bridgehead atoms. The molecule has 2 heterocycles. The van der Waals surface area contributed by atoms with Crippen molar-refractivity contribution < 1.29 is 4.79 Å². The monoisotopic (exact) mass is 450 g/mol. The first-order valence-electron chi connectivity index (χ1n) is 10.2. The molecule has 156 valence electrons. The Morgan fingerprint density at radius 3 is 2.55 bits per heavy atom. The van der Waals surface area contributed by atoms with E-state index in [1.807, 2.05) is 6.07 Å². The number of Topliss-reactive ketones (excluding diaryl/α,β-unsaturated/α-hetero) is 1. The van der Waals surface area contributed by atoms with Gasteiger partial charge in [-0.2, -0.15) is 0 Å².